The molecular weight excluding hydrogens is 314 g/mol. The predicted molar refractivity (Wildman–Crippen MR) is 76.0 cm³/mol. The van der Waals surface area contributed by atoms with Crippen molar-refractivity contribution in [3.63, 3.8) is 0 Å². The molecule has 0 saturated heterocycles. The molecule has 0 spiro atoms. The van der Waals surface area contributed by atoms with Crippen molar-refractivity contribution in [1.82, 2.24) is 14.9 Å². The number of aromatic nitrogens is 2. The summed E-state index contributed by atoms with van der Waals surface area (Å²) in [5.41, 5.74) is 1.89. The average molecular weight is 326 g/mol. The van der Waals surface area contributed by atoms with Crippen LogP contribution in [0, 0.1) is 4.77 Å². The molecule has 94 valence electrons. The van der Waals surface area contributed by atoms with Crippen molar-refractivity contribution in [3.8, 4) is 0 Å². The second kappa shape index (κ2) is 4.51. The Morgan fingerprint density at radius 3 is 3.06 bits per heavy atom. The third kappa shape index (κ3) is 2.35. The summed E-state index contributed by atoms with van der Waals surface area (Å²) in [4.78, 5) is 14.9. The fourth-order valence-corrected chi connectivity index (χ4v) is 2.55. The molecule has 4 nitrogen and oxygen atoms in total. The van der Waals surface area contributed by atoms with E-state index in [1.165, 1.54) is 0 Å². The zero-order chi connectivity index (χ0) is 12.7. The number of rotatable bonds is 3. The lowest BCUT2D eigenvalue weighted by Crippen LogP contribution is -2.29. The second-order valence-corrected chi connectivity index (χ2v) is 5.82. The van der Waals surface area contributed by atoms with Gasteiger partial charge in [0.25, 0.3) is 0 Å². The quantitative estimate of drug-likeness (QED) is 0.852. The van der Waals surface area contributed by atoms with Gasteiger partial charge in [0.05, 0.1) is 11.0 Å². The Morgan fingerprint density at radius 2 is 2.33 bits per heavy atom. The molecule has 18 heavy (non-hydrogen) atoms. The van der Waals surface area contributed by atoms with Gasteiger partial charge in [-0.05, 0) is 43.3 Å². The molecule has 6 heteroatoms. The number of imidazole rings is 1. The van der Waals surface area contributed by atoms with E-state index in [4.69, 9.17) is 12.2 Å². The number of nitrogens with one attached hydrogen (secondary N) is 2. The molecule has 2 N–H and O–H groups in total. The van der Waals surface area contributed by atoms with E-state index < -0.39 is 0 Å². The Labute approximate surface area is 118 Å². The highest BCUT2D eigenvalue weighted by atomic mass is 79.9. The smallest absolute Gasteiger partial charge is 0.240 e. The Bertz CT molecular complexity index is 672. The molecule has 1 fully saturated rings. The molecule has 1 aliphatic carbocycles. The topological polar surface area (TPSA) is 49.8 Å². The molecule has 1 aromatic heterocycles. The number of fused-ring (bicyclic) bond motifs is 1. The molecule has 1 saturated carbocycles. The van der Waals surface area contributed by atoms with Crippen molar-refractivity contribution in [3.05, 3.63) is 27.4 Å². The summed E-state index contributed by atoms with van der Waals surface area (Å²) in [6.45, 7) is 0.270. The number of hydrogen-bond acceptors (Lipinski definition) is 2. The summed E-state index contributed by atoms with van der Waals surface area (Å²) in [7, 11) is 0. The number of amides is 1. The Morgan fingerprint density at radius 1 is 1.56 bits per heavy atom. The van der Waals surface area contributed by atoms with Gasteiger partial charge in [-0.15, -0.1) is 0 Å². The highest BCUT2D eigenvalue weighted by Gasteiger charge is 2.23. The van der Waals surface area contributed by atoms with Crippen LogP contribution >= 0.6 is 28.1 Å². The lowest BCUT2D eigenvalue weighted by Gasteiger charge is -2.05. The molecule has 1 amide bonds. The Hall–Kier alpha value is -1.14. The minimum Gasteiger partial charge on any atom is -0.352 e. The molecule has 1 aromatic carbocycles. The van der Waals surface area contributed by atoms with E-state index in [-0.39, 0.29) is 12.5 Å². The van der Waals surface area contributed by atoms with Crippen LogP contribution in [0.1, 0.15) is 12.8 Å². The molecular formula is C12H12BrN3OS. The van der Waals surface area contributed by atoms with Crippen molar-refractivity contribution in [2.75, 3.05) is 0 Å². The van der Waals surface area contributed by atoms with Crippen molar-refractivity contribution in [2.24, 2.45) is 0 Å². The van der Waals surface area contributed by atoms with Gasteiger partial charge in [0, 0.05) is 10.5 Å². The number of hydrogen-bond donors (Lipinski definition) is 2. The van der Waals surface area contributed by atoms with Crippen LogP contribution in [0.4, 0.5) is 0 Å². The number of halogens is 1. The maximum Gasteiger partial charge on any atom is 0.240 e. The standard InChI is InChI=1S/C12H12BrN3OS/c13-7-1-4-9-10(5-7)16(12(18)15-9)6-11(17)14-8-2-3-8/h1,4-5,8H,2-3,6H2,(H,14,17)(H,15,18). The largest absolute Gasteiger partial charge is 0.352 e. The number of benzene rings is 1. The van der Waals surface area contributed by atoms with Gasteiger partial charge in [-0.1, -0.05) is 15.9 Å². The van der Waals surface area contributed by atoms with Gasteiger partial charge in [0.15, 0.2) is 4.77 Å². The molecule has 1 aliphatic rings. The summed E-state index contributed by atoms with van der Waals surface area (Å²) < 4.78 is 3.38. The first-order chi connectivity index (χ1) is 8.63. The number of carbonyl (C=O) groups excluding carboxylic acids is 1. The third-order valence-electron chi connectivity index (χ3n) is 2.98. The number of aromatic amines is 1. The van der Waals surface area contributed by atoms with E-state index in [2.05, 4.69) is 26.2 Å². The molecule has 0 atom stereocenters. The lowest BCUT2D eigenvalue weighted by atomic mass is 10.3. The van der Waals surface area contributed by atoms with Crippen molar-refractivity contribution < 1.29 is 4.79 Å². The first kappa shape index (κ1) is 11.9. The van der Waals surface area contributed by atoms with Gasteiger partial charge in [-0.2, -0.15) is 0 Å². The van der Waals surface area contributed by atoms with Crippen LogP contribution in [-0.2, 0) is 11.3 Å². The fourth-order valence-electron chi connectivity index (χ4n) is 1.93. The highest BCUT2D eigenvalue weighted by molar-refractivity contribution is 9.10. The van der Waals surface area contributed by atoms with Gasteiger partial charge >= 0.3 is 0 Å². The van der Waals surface area contributed by atoms with E-state index in [1.807, 2.05) is 22.8 Å². The van der Waals surface area contributed by atoms with E-state index >= 15 is 0 Å². The van der Waals surface area contributed by atoms with Gasteiger partial charge in [-0.25, -0.2) is 0 Å². The van der Waals surface area contributed by atoms with E-state index in [0.717, 1.165) is 28.3 Å². The minimum absolute atomic E-state index is 0.0227. The van der Waals surface area contributed by atoms with Gasteiger partial charge < -0.3 is 14.9 Å². The summed E-state index contributed by atoms with van der Waals surface area (Å²) in [6, 6.07) is 6.24. The second-order valence-electron chi connectivity index (χ2n) is 4.52. The number of nitrogens with zero attached hydrogens (tertiary/aromatic N) is 1. The van der Waals surface area contributed by atoms with Crippen LogP contribution in [0.15, 0.2) is 22.7 Å². The van der Waals surface area contributed by atoms with Crippen LogP contribution < -0.4 is 5.32 Å². The van der Waals surface area contributed by atoms with E-state index in [9.17, 15) is 4.79 Å². The van der Waals surface area contributed by atoms with Crippen LogP contribution in [0.3, 0.4) is 0 Å². The first-order valence-electron chi connectivity index (χ1n) is 5.81. The van der Waals surface area contributed by atoms with Crippen LogP contribution in [0.5, 0.6) is 0 Å². The normalized spacial score (nSPS) is 14.9. The maximum absolute atomic E-state index is 11.8. The van der Waals surface area contributed by atoms with Crippen LogP contribution in [-0.4, -0.2) is 21.5 Å². The Kier molecular flexibility index (Phi) is 2.99. The molecule has 0 radical (unpaired) electrons. The molecule has 2 aromatic rings. The third-order valence-corrected chi connectivity index (χ3v) is 3.80. The number of H-pyrrole nitrogens is 1. The van der Waals surface area contributed by atoms with E-state index in [0.29, 0.717) is 10.8 Å². The zero-order valence-corrected chi connectivity index (χ0v) is 12.0. The van der Waals surface area contributed by atoms with E-state index in [1.54, 1.807) is 0 Å². The molecule has 0 aliphatic heterocycles. The zero-order valence-electron chi connectivity index (χ0n) is 9.57. The highest BCUT2D eigenvalue weighted by Crippen LogP contribution is 2.21. The van der Waals surface area contributed by atoms with Crippen molar-refractivity contribution in [2.45, 2.75) is 25.4 Å². The fraction of sp³-hybridized carbons (Fsp3) is 0.333. The first-order valence-corrected chi connectivity index (χ1v) is 7.01. The van der Waals surface area contributed by atoms with Crippen LogP contribution in [0.2, 0.25) is 0 Å². The summed E-state index contributed by atoms with van der Waals surface area (Å²) in [6.07, 6.45) is 2.19. The summed E-state index contributed by atoms with van der Waals surface area (Å²) in [5.74, 6) is 0.0227. The molecule has 3 rings (SSSR count). The van der Waals surface area contributed by atoms with Crippen molar-refractivity contribution >= 4 is 45.1 Å². The monoisotopic (exact) mass is 325 g/mol. The van der Waals surface area contributed by atoms with Crippen molar-refractivity contribution in [1.29, 1.82) is 0 Å². The van der Waals surface area contributed by atoms with Gasteiger partial charge in [-0.3, -0.25) is 4.79 Å². The average Bonchev–Trinajstić information content (AvgIpc) is 3.07. The summed E-state index contributed by atoms with van der Waals surface area (Å²) >= 11 is 8.69. The Balaban J connectivity index is 1.94. The molecule has 0 unspecified atom stereocenters. The molecule has 0 bridgehead atoms. The molecule has 1 heterocycles. The predicted octanol–water partition coefficient (Wildman–Crippen LogP) is 2.74. The SMILES string of the molecule is O=C(Cn1c(=S)[nH]c2ccc(Br)cc21)NC1CC1. The number of carbonyl (C=O) groups is 1. The maximum atomic E-state index is 11.8. The summed E-state index contributed by atoms with van der Waals surface area (Å²) in [5, 5.41) is 2.97. The lowest BCUT2D eigenvalue weighted by molar-refractivity contribution is -0.121. The minimum atomic E-state index is 0.0227. The van der Waals surface area contributed by atoms with Crippen LogP contribution in [0.25, 0.3) is 11.0 Å². The van der Waals surface area contributed by atoms with Gasteiger partial charge in [0.1, 0.15) is 6.54 Å². The van der Waals surface area contributed by atoms with Gasteiger partial charge in [0.2, 0.25) is 5.91 Å².